The Hall–Kier alpha value is -4.60. The molecule has 37 heavy (non-hydrogen) atoms. The summed E-state index contributed by atoms with van der Waals surface area (Å²) in [6, 6.07) is 16.2. The Morgan fingerprint density at radius 3 is 2.49 bits per heavy atom. The Morgan fingerprint density at radius 1 is 0.946 bits per heavy atom. The Labute approximate surface area is 208 Å². The molecule has 10 heteroatoms. The monoisotopic (exact) mass is 505 g/mol. The third-order valence-electron chi connectivity index (χ3n) is 5.83. The van der Waals surface area contributed by atoms with Crippen molar-refractivity contribution in [3.05, 3.63) is 96.5 Å². The number of halogens is 4. The van der Waals surface area contributed by atoms with Gasteiger partial charge in [-0.25, -0.2) is 23.1 Å². The number of pyridine rings is 3. The number of nitrogens with zero attached hydrogens (tertiary/aromatic N) is 3. The molecule has 1 amide bonds. The molecule has 5 rings (SSSR count). The van der Waals surface area contributed by atoms with E-state index in [2.05, 4.69) is 25.3 Å². The molecule has 0 bridgehead atoms. The largest absolute Gasteiger partial charge is 0.353 e. The molecule has 0 aliphatic carbocycles. The summed E-state index contributed by atoms with van der Waals surface area (Å²) in [5, 5.41) is 2.59. The highest BCUT2D eigenvalue weighted by atomic mass is 19.3. The first-order valence-electron chi connectivity index (χ1n) is 11.3. The van der Waals surface area contributed by atoms with Gasteiger partial charge >= 0.3 is 0 Å². The number of carbonyl (C=O) groups is 1. The van der Waals surface area contributed by atoms with Crippen molar-refractivity contribution in [2.24, 2.45) is 0 Å². The highest BCUT2D eigenvalue weighted by Gasteiger charge is 2.26. The number of hydrogen-bond acceptors (Lipinski definition) is 4. The Kier molecular flexibility index (Phi) is 6.63. The lowest BCUT2D eigenvalue weighted by molar-refractivity contribution is -0.118. The zero-order valence-electron chi connectivity index (χ0n) is 19.1. The lowest BCUT2D eigenvalue weighted by atomic mass is 9.95. The van der Waals surface area contributed by atoms with Gasteiger partial charge in [-0.1, -0.05) is 18.2 Å². The maximum atomic E-state index is 14.0. The maximum absolute atomic E-state index is 14.0. The van der Waals surface area contributed by atoms with Crippen molar-refractivity contribution in [3.8, 4) is 22.5 Å². The SMILES string of the molecule is O=C(Nc1cc(-c2[nH]c3ccc(F)nc3c2-c2ccccn2)ccn1)[C@H](CC(F)F)c1ccc(F)cc1. The number of rotatable bonds is 7. The van der Waals surface area contributed by atoms with Crippen molar-refractivity contribution in [1.82, 2.24) is 19.9 Å². The number of H-pyrrole nitrogens is 1. The van der Waals surface area contributed by atoms with Crippen LogP contribution in [0.3, 0.4) is 0 Å². The Morgan fingerprint density at radius 2 is 1.76 bits per heavy atom. The smallest absolute Gasteiger partial charge is 0.239 e. The van der Waals surface area contributed by atoms with Gasteiger partial charge in [0.15, 0.2) is 0 Å². The zero-order chi connectivity index (χ0) is 25.9. The van der Waals surface area contributed by atoms with Crippen molar-refractivity contribution in [3.63, 3.8) is 0 Å². The van der Waals surface area contributed by atoms with Crippen LogP contribution >= 0.6 is 0 Å². The van der Waals surface area contributed by atoms with Gasteiger partial charge in [0.05, 0.1) is 28.4 Å². The molecule has 4 aromatic heterocycles. The Balaban J connectivity index is 1.52. The second kappa shape index (κ2) is 10.2. The number of aromatic nitrogens is 4. The van der Waals surface area contributed by atoms with E-state index in [-0.39, 0.29) is 11.4 Å². The second-order valence-electron chi connectivity index (χ2n) is 8.27. The van der Waals surface area contributed by atoms with Crippen LogP contribution in [0.25, 0.3) is 33.5 Å². The first-order chi connectivity index (χ1) is 17.9. The molecule has 6 nitrogen and oxygen atoms in total. The molecular weight excluding hydrogens is 486 g/mol. The molecule has 2 N–H and O–H groups in total. The fourth-order valence-corrected chi connectivity index (χ4v) is 4.15. The summed E-state index contributed by atoms with van der Waals surface area (Å²) in [6.45, 7) is 0. The van der Waals surface area contributed by atoms with Crippen LogP contribution in [0, 0.1) is 11.8 Å². The summed E-state index contributed by atoms with van der Waals surface area (Å²) in [4.78, 5) is 28.8. The van der Waals surface area contributed by atoms with Crippen LogP contribution in [-0.4, -0.2) is 32.3 Å². The molecule has 0 fully saturated rings. The number of alkyl halides is 2. The van der Waals surface area contributed by atoms with Gasteiger partial charge in [-0.15, -0.1) is 0 Å². The lowest BCUT2D eigenvalue weighted by Crippen LogP contribution is -2.23. The van der Waals surface area contributed by atoms with Crippen molar-refractivity contribution >= 4 is 22.8 Å². The van der Waals surface area contributed by atoms with E-state index in [1.807, 2.05) is 0 Å². The van der Waals surface area contributed by atoms with Crippen LogP contribution in [0.4, 0.5) is 23.4 Å². The number of anilines is 1. The topological polar surface area (TPSA) is 83.6 Å². The third kappa shape index (κ3) is 5.18. The summed E-state index contributed by atoms with van der Waals surface area (Å²) in [5.74, 6) is -2.99. The highest BCUT2D eigenvalue weighted by molar-refractivity contribution is 6.01. The minimum atomic E-state index is -2.75. The van der Waals surface area contributed by atoms with Gasteiger partial charge < -0.3 is 10.3 Å². The van der Waals surface area contributed by atoms with E-state index in [0.29, 0.717) is 33.5 Å². The van der Waals surface area contributed by atoms with E-state index in [9.17, 15) is 22.4 Å². The van der Waals surface area contributed by atoms with E-state index in [4.69, 9.17) is 0 Å². The first kappa shape index (κ1) is 24.1. The number of benzene rings is 1. The standard InChI is InChI=1S/C27H19F4N5O/c28-17-6-4-15(5-7-17)18(14-21(29)30)27(37)36-23-13-16(10-12-33-23)25-24(19-3-1-2-11-32-19)26-20(34-25)8-9-22(31)35-26/h1-13,18,21,34H,14H2,(H,33,36,37)/t18-/m1/s1. The number of hydrogen-bond donors (Lipinski definition) is 2. The van der Waals surface area contributed by atoms with Crippen molar-refractivity contribution in [1.29, 1.82) is 0 Å². The number of carbonyl (C=O) groups excluding carboxylic acids is 1. The number of fused-ring (bicyclic) bond motifs is 1. The summed E-state index contributed by atoms with van der Waals surface area (Å²) in [7, 11) is 0. The second-order valence-corrected chi connectivity index (χ2v) is 8.27. The van der Waals surface area contributed by atoms with Crippen LogP contribution in [0.1, 0.15) is 17.9 Å². The molecular formula is C27H19F4N5O. The van der Waals surface area contributed by atoms with E-state index >= 15 is 0 Å². The average Bonchev–Trinajstić information content (AvgIpc) is 3.27. The van der Waals surface area contributed by atoms with E-state index in [0.717, 1.165) is 12.1 Å². The molecule has 0 saturated heterocycles. The first-order valence-corrected chi connectivity index (χ1v) is 11.3. The molecule has 0 radical (unpaired) electrons. The molecule has 1 atom stereocenters. The van der Waals surface area contributed by atoms with Gasteiger partial charge in [-0.2, -0.15) is 4.39 Å². The van der Waals surface area contributed by atoms with E-state index in [1.54, 1.807) is 42.6 Å². The van der Waals surface area contributed by atoms with Crippen LogP contribution in [-0.2, 0) is 4.79 Å². The van der Waals surface area contributed by atoms with Crippen molar-refractivity contribution < 1.29 is 22.4 Å². The third-order valence-corrected chi connectivity index (χ3v) is 5.83. The predicted octanol–water partition coefficient (Wildman–Crippen LogP) is 6.34. The maximum Gasteiger partial charge on any atom is 0.239 e. The van der Waals surface area contributed by atoms with Gasteiger partial charge in [0.2, 0.25) is 18.3 Å². The quantitative estimate of drug-likeness (QED) is 0.200. The van der Waals surface area contributed by atoms with Crippen LogP contribution in [0.5, 0.6) is 0 Å². The molecule has 186 valence electrons. The number of nitrogens with one attached hydrogen (secondary N) is 2. The van der Waals surface area contributed by atoms with Crippen LogP contribution in [0.2, 0.25) is 0 Å². The van der Waals surface area contributed by atoms with Crippen LogP contribution < -0.4 is 5.32 Å². The summed E-state index contributed by atoms with van der Waals surface area (Å²) >= 11 is 0. The number of amides is 1. The molecule has 0 aliphatic heterocycles. The lowest BCUT2D eigenvalue weighted by Gasteiger charge is -2.17. The van der Waals surface area contributed by atoms with Gasteiger partial charge in [0.1, 0.15) is 17.2 Å². The summed E-state index contributed by atoms with van der Waals surface area (Å²) < 4.78 is 53.8. The normalized spacial score (nSPS) is 12.1. The molecule has 0 saturated carbocycles. The number of aromatic amines is 1. The minimum absolute atomic E-state index is 0.119. The minimum Gasteiger partial charge on any atom is -0.353 e. The fourth-order valence-electron chi connectivity index (χ4n) is 4.15. The molecule has 4 heterocycles. The zero-order valence-corrected chi connectivity index (χ0v) is 19.1. The van der Waals surface area contributed by atoms with E-state index < -0.39 is 36.4 Å². The average molecular weight is 505 g/mol. The highest BCUT2D eigenvalue weighted by Crippen LogP contribution is 2.37. The summed E-state index contributed by atoms with van der Waals surface area (Å²) in [5.41, 5.74) is 3.47. The van der Waals surface area contributed by atoms with Gasteiger partial charge in [-0.05, 0) is 54.1 Å². The molecule has 5 aromatic rings. The van der Waals surface area contributed by atoms with E-state index in [1.165, 1.54) is 24.4 Å². The molecule has 1 aromatic carbocycles. The Bertz CT molecular complexity index is 1550. The fraction of sp³-hybridized carbons (Fsp3) is 0.111. The van der Waals surface area contributed by atoms with Crippen LogP contribution in [0.15, 0.2) is 79.1 Å². The van der Waals surface area contributed by atoms with Gasteiger partial charge in [-0.3, -0.25) is 9.78 Å². The molecule has 0 spiro atoms. The van der Waals surface area contributed by atoms with Gasteiger partial charge in [0.25, 0.3) is 0 Å². The predicted molar refractivity (Wildman–Crippen MR) is 131 cm³/mol. The summed E-state index contributed by atoms with van der Waals surface area (Å²) in [6.07, 6.45) is -0.429. The van der Waals surface area contributed by atoms with Crippen molar-refractivity contribution in [2.75, 3.05) is 5.32 Å². The van der Waals surface area contributed by atoms with Gasteiger partial charge in [0, 0.05) is 24.4 Å². The molecule has 0 aliphatic rings. The van der Waals surface area contributed by atoms with Crippen molar-refractivity contribution in [2.45, 2.75) is 18.8 Å². The molecule has 0 unspecified atom stereocenters.